The fraction of sp³-hybridized carbons (Fsp3) is 0.556. The minimum absolute atomic E-state index is 0.235. The summed E-state index contributed by atoms with van der Waals surface area (Å²) >= 11 is 0. The van der Waals surface area contributed by atoms with Crippen molar-refractivity contribution >= 4 is 0 Å². The highest BCUT2D eigenvalue weighted by molar-refractivity contribution is 5.03. The van der Waals surface area contributed by atoms with Crippen LogP contribution < -0.4 is 11.1 Å². The van der Waals surface area contributed by atoms with Gasteiger partial charge in [0.25, 0.3) is 0 Å². The van der Waals surface area contributed by atoms with Crippen molar-refractivity contribution in [3.05, 3.63) is 24.2 Å². The third kappa shape index (κ3) is 2.36. The average molecular weight is 168 g/mol. The molecule has 3 nitrogen and oxygen atoms in total. The van der Waals surface area contributed by atoms with Crippen LogP contribution in [0.4, 0.5) is 0 Å². The first kappa shape index (κ1) is 9.29. The first-order valence-electron chi connectivity index (χ1n) is 4.23. The van der Waals surface area contributed by atoms with Gasteiger partial charge >= 0.3 is 0 Å². The van der Waals surface area contributed by atoms with Gasteiger partial charge in [0.05, 0.1) is 12.3 Å². The molecule has 0 aliphatic carbocycles. The lowest BCUT2D eigenvalue weighted by molar-refractivity contribution is 0.401. The van der Waals surface area contributed by atoms with Gasteiger partial charge in [-0.3, -0.25) is 0 Å². The van der Waals surface area contributed by atoms with Gasteiger partial charge in [0, 0.05) is 12.6 Å². The van der Waals surface area contributed by atoms with E-state index in [4.69, 9.17) is 10.2 Å². The molecule has 0 bridgehead atoms. The van der Waals surface area contributed by atoms with E-state index in [1.807, 2.05) is 12.1 Å². The predicted molar refractivity (Wildman–Crippen MR) is 48.8 cm³/mol. The van der Waals surface area contributed by atoms with Gasteiger partial charge in [0.1, 0.15) is 5.76 Å². The van der Waals surface area contributed by atoms with Gasteiger partial charge in [0.15, 0.2) is 0 Å². The number of furan rings is 1. The first-order chi connectivity index (χ1) is 5.74. The summed E-state index contributed by atoms with van der Waals surface area (Å²) in [7, 11) is 0. The third-order valence-electron chi connectivity index (χ3n) is 1.86. The van der Waals surface area contributed by atoms with Crippen LogP contribution in [0.2, 0.25) is 0 Å². The molecule has 3 heteroatoms. The van der Waals surface area contributed by atoms with Crippen molar-refractivity contribution in [1.82, 2.24) is 5.32 Å². The van der Waals surface area contributed by atoms with E-state index in [9.17, 15) is 0 Å². The molecule has 0 aromatic carbocycles. The van der Waals surface area contributed by atoms with Crippen molar-refractivity contribution in [2.45, 2.75) is 25.9 Å². The molecule has 0 aliphatic heterocycles. The lowest BCUT2D eigenvalue weighted by Crippen LogP contribution is -2.34. The van der Waals surface area contributed by atoms with E-state index in [1.165, 1.54) is 0 Å². The summed E-state index contributed by atoms with van der Waals surface area (Å²) in [6, 6.07) is 4.41. The summed E-state index contributed by atoms with van der Waals surface area (Å²) < 4.78 is 5.24. The van der Waals surface area contributed by atoms with Crippen LogP contribution in [0.1, 0.15) is 25.6 Å². The van der Waals surface area contributed by atoms with E-state index in [1.54, 1.807) is 6.26 Å². The van der Waals surface area contributed by atoms with E-state index < -0.39 is 0 Å². The molecule has 0 spiro atoms. The Balaban J connectivity index is 2.44. The molecule has 0 fully saturated rings. The number of hydrogen-bond donors (Lipinski definition) is 2. The highest BCUT2D eigenvalue weighted by Gasteiger charge is 2.09. The first-order valence-corrected chi connectivity index (χ1v) is 4.23. The Hall–Kier alpha value is -0.800. The summed E-state index contributed by atoms with van der Waals surface area (Å²) in [5.41, 5.74) is 5.48. The summed E-state index contributed by atoms with van der Waals surface area (Å²) in [5.74, 6) is 0.954. The van der Waals surface area contributed by atoms with E-state index in [0.717, 1.165) is 5.76 Å². The number of rotatable bonds is 4. The van der Waals surface area contributed by atoms with E-state index in [0.29, 0.717) is 12.6 Å². The summed E-state index contributed by atoms with van der Waals surface area (Å²) in [4.78, 5) is 0. The van der Waals surface area contributed by atoms with E-state index >= 15 is 0 Å². The van der Waals surface area contributed by atoms with Gasteiger partial charge in [-0.25, -0.2) is 0 Å². The fourth-order valence-corrected chi connectivity index (χ4v) is 1.11. The third-order valence-corrected chi connectivity index (χ3v) is 1.86. The molecule has 68 valence electrons. The van der Waals surface area contributed by atoms with E-state index in [-0.39, 0.29) is 6.04 Å². The van der Waals surface area contributed by atoms with Crippen LogP contribution in [-0.4, -0.2) is 12.6 Å². The average Bonchev–Trinajstić information content (AvgIpc) is 2.56. The maximum atomic E-state index is 5.48. The molecular weight excluding hydrogens is 152 g/mol. The zero-order valence-corrected chi connectivity index (χ0v) is 7.58. The predicted octanol–water partition coefficient (Wildman–Crippen LogP) is 1.28. The molecule has 1 rings (SSSR count). The Kier molecular flexibility index (Phi) is 3.31. The van der Waals surface area contributed by atoms with E-state index in [2.05, 4.69) is 19.2 Å². The molecule has 1 aromatic heterocycles. The molecule has 1 heterocycles. The maximum Gasteiger partial charge on any atom is 0.120 e. The highest BCUT2D eigenvalue weighted by Crippen LogP contribution is 2.12. The fourth-order valence-electron chi connectivity index (χ4n) is 1.11. The topological polar surface area (TPSA) is 51.2 Å². The minimum Gasteiger partial charge on any atom is -0.468 e. The quantitative estimate of drug-likeness (QED) is 0.712. The zero-order chi connectivity index (χ0) is 8.97. The number of nitrogens with two attached hydrogens (primary N) is 1. The zero-order valence-electron chi connectivity index (χ0n) is 7.58. The van der Waals surface area contributed by atoms with Gasteiger partial charge in [-0.2, -0.15) is 0 Å². The van der Waals surface area contributed by atoms with Crippen LogP contribution in [0.3, 0.4) is 0 Å². The number of hydrogen-bond acceptors (Lipinski definition) is 3. The largest absolute Gasteiger partial charge is 0.468 e. The molecule has 0 saturated heterocycles. The Morgan fingerprint density at radius 2 is 2.33 bits per heavy atom. The summed E-state index contributed by atoms with van der Waals surface area (Å²) in [6.07, 6.45) is 1.68. The van der Waals surface area contributed by atoms with Crippen LogP contribution >= 0.6 is 0 Å². The maximum absolute atomic E-state index is 5.48. The molecule has 1 aromatic rings. The lowest BCUT2D eigenvalue weighted by Gasteiger charge is -2.16. The van der Waals surface area contributed by atoms with Gasteiger partial charge in [-0.05, 0) is 26.0 Å². The molecule has 2 atom stereocenters. The van der Waals surface area contributed by atoms with Gasteiger partial charge in [0.2, 0.25) is 0 Å². The van der Waals surface area contributed by atoms with Crippen LogP contribution in [0.25, 0.3) is 0 Å². The minimum atomic E-state index is 0.235. The van der Waals surface area contributed by atoms with Crippen LogP contribution in [0, 0.1) is 0 Å². The molecule has 0 radical (unpaired) electrons. The molecule has 0 saturated carbocycles. The van der Waals surface area contributed by atoms with Gasteiger partial charge < -0.3 is 15.5 Å². The highest BCUT2D eigenvalue weighted by atomic mass is 16.3. The van der Waals surface area contributed by atoms with Crippen LogP contribution in [0.5, 0.6) is 0 Å². The van der Waals surface area contributed by atoms with Gasteiger partial charge in [-0.1, -0.05) is 0 Å². The van der Waals surface area contributed by atoms with Crippen LogP contribution in [0.15, 0.2) is 22.8 Å². The van der Waals surface area contributed by atoms with Crippen LogP contribution in [-0.2, 0) is 0 Å². The monoisotopic (exact) mass is 168 g/mol. The molecular formula is C9H16N2O. The van der Waals surface area contributed by atoms with Gasteiger partial charge in [-0.15, -0.1) is 0 Å². The smallest absolute Gasteiger partial charge is 0.120 e. The van der Waals surface area contributed by atoms with Crippen molar-refractivity contribution in [3.8, 4) is 0 Å². The second kappa shape index (κ2) is 4.28. The molecule has 2 unspecified atom stereocenters. The van der Waals surface area contributed by atoms with Crippen molar-refractivity contribution in [3.63, 3.8) is 0 Å². The number of nitrogens with one attached hydrogen (secondary N) is 1. The summed E-state index contributed by atoms with van der Waals surface area (Å²) in [6.45, 7) is 4.76. The molecule has 12 heavy (non-hydrogen) atoms. The molecule has 3 N–H and O–H groups in total. The molecule has 0 amide bonds. The second-order valence-electron chi connectivity index (χ2n) is 3.04. The normalized spacial score (nSPS) is 15.9. The standard InChI is InChI=1S/C9H16N2O/c1-7(6-10)11-8(2)9-4-3-5-12-9/h3-5,7-8,11H,6,10H2,1-2H3. The van der Waals surface area contributed by atoms with Crippen molar-refractivity contribution < 1.29 is 4.42 Å². The Labute approximate surface area is 72.9 Å². The molecule has 0 aliphatic rings. The second-order valence-corrected chi connectivity index (χ2v) is 3.04. The summed E-state index contributed by atoms with van der Waals surface area (Å²) in [5, 5.41) is 3.31. The van der Waals surface area contributed by atoms with Crippen molar-refractivity contribution in [1.29, 1.82) is 0 Å². The Morgan fingerprint density at radius 3 is 2.83 bits per heavy atom. The SMILES string of the molecule is CC(CN)NC(C)c1ccco1. The Morgan fingerprint density at radius 1 is 1.58 bits per heavy atom. The van der Waals surface area contributed by atoms with Crippen molar-refractivity contribution in [2.75, 3.05) is 6.54 Å². The van der Waals surface area contributed by atoms with Crippen molar-refractivity contribution in [2.24, 2.45) is 5.73 Å². The lowest BCUT2D eigenvalue weighted by atomic mass is 10.2. The Bertz CT molecular complexity index is 208.